The summed E-state index contributed by atoms with van der Waals surface area (Å²) in [6.07, 6.45) is 0. The van der Waals surface area contributed by atoms with Gasteiger partial charge in [0.15, 0.2) is 0 Å². The molecule has 2 rings (SSSR count). The third-order valence-electron chi connectivity index (χ3n) is 2.21. The van der Waals surface area contributed by atoms with E-state index in [1.54, 1.807) is 0 Å². The van der Waals surface area contributed by atoms with Gasteiger partial charge in [-0.2, -0.15) is 0 Å². The number of benzene rings is 2. The fraction of sp³-hybridized carbons (Fsp3) is 0.167. The lowest BCUT2D eigenvalue weighted by Gasteiger charge is -1.99. The van der Waals surface area contributed by atoms with Crippen LogP contribution in [0.1, 0.15) is 6.92 Å². The van der Waals surface area contributed by atoms with Crippen LogP contribution in [-0.2, 0) is 0 Å². The zero-order valence-corrected chi connectivity index (χ0v) is 7.83. The van der Waals surface area contributed by atoms with Crippen LogP contribution in [-0.4, -0.2) is 6.54 Å². The molecule has 2 aromatic rings. The van der Waals surface area contributed by atoms with Crippen molar-refractivity contribution >= 4 is 16.5 Å². The van der Waals surface area contributed by atoms with E-state index in [1.807, 2.05) is 0 Å². The van der Waals surface area contributed by atoms with Gasteiger partial charge in [0.1, 0.15) is 5.69 Å². The number of nitrogens with two attached hydrogens (primary N) is 1. The minimum atomic E-state index is 1.10. The quantitative estimate of drug-likeness (QED) is 0.668. The molecule has 0 amide bonds. The lowest BCUT2D eigenvalue weighted by Crippen LogP contribution is -2.77. The highest BCUT2D eigenvalue weighted by Gasteiger charge is 1.96. The van der Waals surface area contributed by atoms with Gasteiger partial charge in [-0.15, -0.1) is 0 Å². The maximum Gasteiger partial charge on any atom is 0.130 e. The van der Waals surface area contributed by atoms with E-state index in [-0.39, 0.29) is 0 Å². The second-order valence-electron chi connectivity index (χ2n) is 3.22. The van der Waals surface area contributed by atoms with Gasteiger partial charge in [0, 0.05) is 6.07 Å². The van der Waals surface area contributed by atoms with E-state index in [0.717, 1.165) is 6.54 Å². The molecule has 0 heterocycles. The van der Waals surface area contributed by atoms with Gasteiger partial charge in [0.2, 0.25) is 0 Å². The molecule has 0 saturated heterocycles. The summed E-state index contributed by atoms with van der Waals surface area (Å²) < 4.78 is 0. The number of hydrogen-bond acceptors (Lipinski definition) is 0. The summed E-state index contributed by atoms with van der Waals surface area (Å²) in [5, 5.41) is 4.88. The molecule has 0 atom stereocenters. The van der Waals surface area contributed by atoms with Crippen molar-refractivity contribution in [1.82, 2.24) is 0 Å². The van der Waals surface area contributed by atoms with Crippen LogP contribution in [0, 0.1) is 0 Å². The first-order valence-electron chi connectivity index (χ1n) is 4.72. The molecule has 0 spiro atoms. The van der Waals surface area contributed by atoms with Crippen LogP contribution in [0.2, 0.25) is 0 Å². The summed E-state index contributed by atoms with van der Waals surface area (Å²) in [6.45, 7) is 3.26. The summed E-state index contributed by atoms with van der Waals surface area (Å²) >= 11 is 0. The van der Waals surface area contributed by atoms with Crippen molar-refractivity contribution in [3.05, 3.63) is 42.5 Å². The first-order chi connectivity index (χ1) is 6.40. The first-order valence-corrected chi connectivity index (χ1v) is 4.72. The molecular formula is C12H14N+. The normalized spacial score (nSPS) is 10.5. The highest BCUT2D eigenvalue weighted by Crippen LogP contribution is 2.15. The predicted molar refractivity (Wildman–Crippen MR) is 56.1 cm³/mol. The Morgan fingerprint density at radius 2 is 1.77 bits per heavy atom. The standard InChI is InChI=1S/C12H13N/c1-2-13-12-8-7-10-5-3-4-6-11(10)9-12/h3-9,13H,2H2,1H3/p+1. The molecular weight excluding hydrogens is 158 g/mol. The van der Waals surface area contributed by atoms with Crippen LogP contribution in [0.25, 0.3) is 10.8 Å². The summed E-state index contributed by atoms with van der Waals surface area (Å²) in [7, 11) is 0. The second-order valence-corrected chi connectivity index (χ2v) is 3.22. The number of hydrogen-bond donors (Lipinski definition) is 1. The molecule has 0 aromatic heterocycles. The van der Waals surface area contributed by atoms with Crippen molar-refractivity contribution in [2.45, 2.75) is 6.92 Å². The Morgan fingerprint density at radius 1 is 1.00 bits per heavy atom. The van der Waals surface area contributed by atoms with Crippen LogP contribution in [0.3, 0.4) is 0 Å². The molecule has 0 unspecified atom stereocenters. The smallest absolute Gasteiger partial charge is 0.130 e. The largest absolute Gasteiger partial charge is 0.314 e. The number of fused-ring (bicyclic) bond motifs is 1. The van der Waals surface area contributed by atoms with Crippen LogP contribution in [0.4, 0.5) is 5.69 Å². The van der Waals surface area contributed by atoms with Crippen molar-refractivity contribution in [1.29, 1.82) is 0 Å². The van der Waals surface area contributed by atoms with Crippen molar-refractivity contribution in [3.8, 4) is 0 Å². The van der Waals surface area contributed by atoms with Gasteiger partial charge in [0.25, 0.3) is 0 Å². The Labute approximate surface area is 78.4 Å². The lowest BCUT2D eigenvalue weighted by molar-refractivity contribution is -0.567. The van der Waals surface area contributed by atoms with Gasteiger partial charge in [-0.05, 0) is 29.8 Å². The van der Waals surface area contributed by atoms with Crippen LogP contribution >= 0.6 is 0 Å². The van der Waals surface area contributed by atoms with Crippen LogP contribution in [0.15, 0.2) is 42.5 Å². The van der Waals surface area contributed by atoms with E-state index in [2.05, 4.69) is 54.7 Å². The molecule has 0 aliphatic rings. The minimum absolute atomic E-state index is 1.10. The molecule has 2 aromatic carbocycles. The molecule has 0 bridgehead atoms. The number of rotatable bonds is 2. The zero-order chi connectivity index (χ0) is 9.10. The lowest BCUT2D eigenvalue weighted by atomic mass is 10.1. The van der Waals surface area contributed by atoms with Crippen molar-refractivity contribution in [3.63, 3.8) is 0 Å². The fourth-order valence-corrected chi connectivity index (χ4v) is 1.57. The van der Waals surface area contributed by atoms with Gasteiger partial charge >= 0.3 is 0 Å². The molecule has 2 N–H and O–H groups in total. The molecule has 0 aliphatic carbocycles. The predicted octanol–water partition coefficient (Wildman–Crippen LogP) is 2.05. The van der Waals surface area contributed by atoms with Crippen LogP contribution in [0.5, 0.6) is 0 Å². The molecule has 0 fully saturated rings. The summed E-state index contributed by atoms with van der Waals surface area (Å²) in [5.41, 5.74) is 1.32. The highest BCUT2D eigenvalue weighted by atomic mass is 14.8. The summed E-state index contributed by atoms with van der Waals surface area (Å²) in [6, 6.07) is 15.0. The molecule has 0 saturated carbocycles. The Kier molecular flexibility index (Phi) is 2.28. The van der Waals surface area contributed by atoms with E-state index in [9.17, 15) is 0 Å². The average molecular weight is 172 g/mol. The van der Waals surface area contributed by atoms with Gasteiger partial charge < -0.3 is 5.32 Å². The van der Waals surface area contributed by atoms with Crippen molar-refractivity contribution in [2.75, 3.05) is 6.54 Å². The fourth-order valence-electron chi connectivity index (χ4n) is 1.57. The van der Waals surface area contributed by atoms with Gasteiger partial charge in [-0.25, -0.2) is 0 Å². The van der Waals surface area contributed by atoms with E-state index < -0.39 is 0 Å². The third-order valence-corrected chi connectivity index (χ3v) is 2.21. The van der Waals surface area contributed by atoms with E-state index in [1.165, 1.54) is 16.5 Å². The first kappa shape index (κ1) is 8.27. The Bertz CT molecular complexity index is 407. The van der Waals surface area contributed by atoms with Crippen LogP contribution < -0.4 is 5.32 Å². The molecule has 66 valence electrons. The number of quaternary nitrogens is 1. The van der Waals surface area contributed by atoms with E-state index in [0.29, 0.717) is 0 Å². The Hall–Kier alpha value is -1.34. The Morgan fingerprint density at radius 3 is 2.54 bits per heavy atom. The summed E-state index contributed by atoms with van der Waals surface area (Å²) in [5.74, 6) is 0. The average Bonchev–Trinajstić information content (AvgIpc) is 2.18. The van der Waals surface area contributed by atoms with Crippen molar-refractivity contribution in [2.24, 2.45) is 0 Å². The van der Waals surface area contributed by atoms with Gasteiger partial charge in [-0.3, -0.25) is 0 Å². The zero-order valence-electron chi connectivity index (χ0n) is 7.83. The maximum atomic E-state index is 2.24. The van der Waals surface area contributed by atoms with Gasteiger partial charge in [0.05, 0.1) is 6.54 Å². The minimum Gasteiger partial charge on any atom is -0.314 e. The monoisotopic (exact) mass is 172 g/mol. The molecule has 13 heavy (non-hydrogen) atoms. The molecule has 0 radical (unpaired) electrons. The van der Waals surface area contributed by atoms with Gasteiger partial charge in [-0.1, -0.05) is 24.3 Å². The SMILES string of the molecule is CC[NH2+]c1ccc2ccccc2c1. The third kappa shape index (κ3) is 1.70. The molecule has 0 aliphatic heterocycles. The van der Waals surface area contributed by atoms with Crippen molar-refractivity contribution < 1.29 is 5.32 Å². The van der Waals surface area contributed by atoms with E-state index >= 15 is 0 Å². The highest BCUT2D eigenvalue weighted by molar-refractivity contribution is 5.84. The molecule has 1 heteroatoms. The topological polar surface area (TPSA) is 16.6 Å². The maximum absolute atomic E-state index is 2.24. The second kappa shape index (κ2) is 3.58. The van der Waals surface area contributed by atoms with E-state index in [4.69, 9.17) is 0 Å². The molecule has 1 nitrogen and oxygen atoms in total. The summed E-state index contributed by atoms with van der Waals surface area (Å²) in [4.78, 5) is 0. The Balaban J connectivity index is 2.49.